The van der Waals surface area contributed by atoms with E-state index in [2.05, 4.69) is 0 Å². The van der Waals surface area contributed by atoms with Crippen molar-refractivity contribution in [3.63, 3.8) is 0 Å². The van der Waals surface area contributed by atoms with Crippen LogP contribution < -0.4 is 9.64 Å². The first kappa shape index (κ1) is 15.7. The van der Waals surface area contributed by atoms with Gasteiger partial charge in [-0.1, -0.05) is 0 Å². The van der Waals surface area contributed by atoms with Crippen LogP contribution in [0.25, 0.3) is 0 Å². The van der Waals surface area contributed by atoms with E-state index in [4.69, 9.17) is 4.74 Å². The van der Waals surface area contributed by atoms with Gasteiger partial charge in [0.2, 0.25) is 5.82 Å². The lowest BCUT2D eigenvalue weighted by molar-refractivity contribution is -0.387. The molecular weight excluding hydrogens is 271 g/mol. The van der Waals surface area contributed by atoms with E-state index in [1.807, 2.05) is 0 Å². The Bertz CT molecular complexity index is 554. The number of carbonyl (C=O) groups is 1. The monoisotopic (exact) mass is 286 g/mol. The van der Waals surface area contributed by atoms with Crippen LogP contribution in [0.5, 0.6) is 5.75 Å². The zero-order valence-corrected chi connectivity index (χ0v) is 11.5. The molecule has 0 radical (unpaired) electrons. The molecule has 0 aliphatic rings. The summed E-state index contributed by atoms with van der Waals surface area (Å²) in [5.74, 6) is -1.18. The average molecular weight is 286 g/mol. The van der Waals surface area contributed by atoms with E-state index in [-0.39, 0.29) is 11.4 Å². The topological polar surface area (TPSA) is 92.9 Å². The van der Waals surface area contributed by atoms with Crippen molar-refractivity contribution in [2.45, 2.75) is 26.3 Å². The Morgan fingerprint density at radius 1 is 1.45 bits per heavy atom. The van der Waals surface area contributed by atoms with Gasteiger partial charge in [0.05, 0.1) is 17.7 Å². The lowest BCUT2D eigenvalue weighted by atomic mass is 10.0. The third kappa shape index (κ3) is 2.95. The van der Waals surface area contributed by atoms with Crippen molar-refractivity contribution in [1.82, 2.24) is 0 Å². The molecule has 110 valence electrons. The number of benzene rings is 1. The van der Waals surface area contributed by atoms with Crippen LogP contribution in [0.2, 0.25) is 0 Å². The van der Waals surface area contributed by atoms with Gasteiger partial charge in [-0.2, -0.15) is 4.39 Å². The van der Waals surface area contributed by atoms with Crippen molar-refractivity contribution in [3.8, 4) is 5.75 Å². The first-order chi connectivity index (χ1) is 9.09. The number of hydrogen-bond donors (Lipinski definition) is 1. The Morgan fingerprint density at radius 2 is 2.00 bits per heavy atom. The highest BCUT2D eigenvalue weighted by Crippen LogP contribution is 2.37. The molecule has 0 spiro atoms. The largest absolute Gasteiger partial charge is 0.494 e. The summed E-state index contributed by atoms with van der Waals surface area (Å²) in [4.78, 5) is 22.1. The number of nitro benzene ring substituents is 1. The van der Waals surface area contributed by atoms with Gasteiger partial charge in [0, 0.05) is 17.7 Å². The summed E-state index contributed by atoms with van der Waals surface area (Å²) in [6.45, 7) is 4.82. The predicted octanol–water partition coefficient (Wildman–Crippen LogP) is 3.03. The minimum Gasteiger partial charge on any atom is -0.494 e. The Morgan fingerprint density at radius 3 is 2.35 bits per heavy atom. The highest BCUT2D eigenvalue weighted by atomic mass is 19.1. The highest BCUT2D eigenvalue weighted by Gasteiger charge is 2.32. The number of amides is 1. The van der Waals surface area contributed by atoms with Gasteiger partial charge in [-0.05, 0) is 20.8 Å². The molecule has 1 aromatic rings. The zero-order chi connectivity index (χ0) is 15.7. The Labute approximate surface area is 114 Å². The molecule has 1 rings (SSSR count). The fourth-order valence-corrected chi connectivity index (χ4v) is 1.76. The molecule has 0 atom stereocenters. The minimum absolute atomic E-state index is 0.0828. The molecule has 0 saturated carbocycles. The summed E-state index contributed by atoms with van der Waals surface area (Å²) >= 11 is 0. The maximum atomic E-state index is 13.5. The Hall–Kier alpha value is -2.38. The number of carboxylic acid groups (broad SMARTS) is 1. The van der Waals surface area contributed by atoms with Crippen molar-refractivity contribution in [3.05, 3.63) is 28.1 Å². The molecule has 20 heavy (non-hydrogen) atoms. The van der Waals surface area contributed by atoms with Crippen molar-refractivity contribution in [2.75, 3.05) is 12.0 Å². The van der Waals surface area contributed by atoms with Crippen LogP contribution >= 0.6 is 0 Å². The molecule has 1 N–H and O–H groups in total. The normalized spacial score (nSPS) is 11.1. The third-order valence-corrected chi connectivity index (χ3v) is 2.55. The van der Waals surface area contributed by atoms with E-state index in [1.54, 1.807) is 20.8 Å². The van der Waals surface area contributed by atoms with Crippen LogP contribution in [0.3, 0.4) is 0 Å². The SMILES string of the molecule is COc1cc(F)c([N+](=O)[O-])cc1N(C(=O)O)C(C)(C)C. The Balaban J connectivity index is 3.59. The highest BCUT2D eigenvalue weighted by molar-refractivity contribution is 5.90. The number of nitrogens with zero attached hydrogens (tertiary/aromatic N) is 2. The standard InChI is InChI=1S/C12H15FN2O5/c1-12(2,3)14(11(16)17)9-6-8(15(18)19)7(13)5-10(9)20-4/h5-6H,1-4H3,(H,16,17). The molecule has 8 heteroatoms. The Kier molecular flexibility index (Phi) is 4.17. The predicted molar refractivity (Wildman–Crippen MR) is 69.9 cm³/mol. The third-order valence-electron chi connectivity index (χ3n) is 2.55. The first-order valence-corrected chi connectivity index (χ1v) is 5.64. The number of anilines is 1. The number of hydrogen-bond acceptors (Lipinski definition) is 4. The molecule has 1 aromatic carbocycles. The second-order valence-electron chi connectivity index (χ2n) is 5.02. The van der Waals surface area contributed by atoms with Crippen LogP contribution in [0, 0.1) is 15.9 Å². The lowest BCUT2D eigenvalue weighted by Gasteiger charge is -2.33. The first-order valence-electron chi connectivity index (χ1n) is 5.64. The van der Waals surface area contributed by atoms with Gasteiger partial charge >= 0.3 is 11.8 Å². The molecule has 7 nitrogen and oxygen atoms in total. The van der Waals surface area contributed by atoms with E-state index in [0.717, 1.165) is 17.0 Å². The minimum atomic E-state index is -1.32. The van der Waals surface area contributed by atoms with Crippen molar-refractivity contribution >= 4 is 17.5 Å². The number of ether oxygens (including phenoxy) is 1. The summed E-state index contributed by atoms with van der Waals surface area (Å²) in [6, 6.07) is 1.66. The summed E-state index contributed by atoms with van der Waals surface area (Å²) in [5, 5.41) is 20.1. The van der Waals surface area contributed by atoms with Crippen LogP contribution in [0.15, 0.2) is 12.1 Å². The van der Waals surface area contributed by atoms with Crippen molar-refractivity contribution < 1.29 is 24.0 Å². The zero-order valence-electron chi connectivity index (χ0n) is 11.5. The molecule has 0 fully saturated rings. The van der Waals surface area contributed by atoms with Gasteiger partial charge in [-0.15, -0.1) is 0 Å². The maximum Gasteiger partial charge on any atom is 0.412 e. The van der Waals surface area contributed by atoms with Gasteiger partial charge in [0.15, 0.2) is 0 Å². The maximum absolute atomic E-state index is 13.5. The van der Waals surface area contributed by atoms with Gasteiger partial charge in [0.1, 0.15) is 5.75 Å². The van der Waals surface area contributed by atoms with Gasteiger partial charge in [-0.25, -0.2) is 4.79 Å². The summed E-state index contributed by atoms with van der Waals surface area (Å²) in [7, 11) is 1.23. The van der Waals surface area contributed by atoms with E-state index in [0.29, 0.717) is 0 Å². The number of methoxy groups -OCH3 is 1. The van der Waals surface area contributed by atoms with Gasteiger partial charge in [-0.3, -0.25) is 15.0 Å². The number of nitro groups is 1. The van der Waals surface area contributed by atoms with E-state index >= 15 is 0 Å². The van der Waals surface area contributed by atoms with Crippen molar-refractivity contribution in [2.24, 2.45) is 0 Å². The molecular formula is C12H15FN2O5. The van der Waals surface area contributed by atoms with Gasteiger partial charge < -0.3 is 9.84 Å². The second kappa shape index (κ2) is 5.32. The molecule has 1 amide bonds. The summed E-state index contributed by atoms with van der Waals surface area (Å²) < 4.78 is 18.5. The molecule has 0 bridgehead atoms. The van der Waals surface area contributed by atoms with Crippen LogP contribution in [-0.2, 0) is 0 Å². The van der Waals surface area contributed by atoms with E-state index in [1.165, 1.54) is 7.11 Å². The quantitative estimate of drug-likeness (QED) is 0.681. The molecule has 0 aromatic heterocycles. The van der Waals surface area contributed by atoms with Crippen LogP contribution in [0.4, 0.5) is 20.6 Å². The second-order valence-corrected chi connectivity index (χ2v) is 5.02. The summed E-state index contributed by atoms with van der Waals surface area (Å²) in [5.41, 5.74) is -1.78. The molecule has 0 aliphatic carbocycles. The van der Waals surface area contributed by atoms with Crippen LogP contribution in [0.1, 0.15) is 20.8 Å². The van der Waals surface area contributed by atoms with Crippen molar-refractivity contribution in [1.29, 1.82) is 0 Å². The fourth-order valence-electron chi connectivity index (χ4n) is 1.76. The average Bonchev–Trinajstić information content (AvgIpc) is 2.27. The summed E-state index contributed by atoms with van der Waals surface area (Å²) in [6.07, 6.45) is -1.32. The molecule has 0 saturated heterocycles. The molecule has 0 aliphatic heterocycles. The number of rotatable bonds is 3. The lowest BCUT2D eigenvalue weighted by Crippen LogP contribution is -2.45. The van der Waals surface area contributed by atoms with Gasteiger partial charge in [0.25, 0.3) is 0 Å². The molecule has 0 unspecified atom stereocenters. The molecule has 0 heterocycles. The van der Waals surface area contributed by atoms with E-state index < -0.39 is 28.1 Å². The fraction of sp³-hybridized carbons (Fsp3) is 0.417. The van der Waals surface area contributed by atoms with E-state index in [9.17, 15) is 24.4 Å². The smallest absolute Gasteiger partial charge is 0.412 e. The van der Waals surface area contributed by atoms with Crippen LogP contribution in [-0.4, -0.2) is 28.8 Å². The number of halogens is 1.